The maximum absolute atomic E-state index is 10.7. The van der Waals surface area contributed by atoms with Gasteiger partial charge in [-0.3, -0.25) is 20.2 Å². The molecule has 2 N–H and O–H groups in total. The molecule has 1 rings (SSSR count). The summed E-state index contributed by atoms with van der Waals surface area (Å²) in [6, 6.07) is 5.92. The number of benzene rings is 1. The van der Waals surface area contributed by atoms with Crippen LogP contribution in [0.3, 0.4) is 0 Å². The van der Waals surface area contributed by atoms with Gasteiger partial charge in [-0.1, -0.05) is 12.1 Å². The van der Waals surface area contributed by atoms with Crippen molar-refractivity contribution < 1.29 is 9.85 Å². The molecule has 0 aliphatic carbocycles. The van der Waals surface area contributed by atoms with Gasteiger partial charge in [0.2, 0.25) is 6.54 Å². The Hall–Kier alpha value is -1.67. The molecule has 18 heavy (non-hydrogen) atoms. The third-order valence-electron chi connectivity index (χ3n) is 2.20. The molecule has 0 aromatic heterocycles. The molecule has 0 aliphatic heterocycles. The molecular formula is C10H13N3O4S. The normalized spacial score (nSPS) is 12.1. The summed E-state index contributed by atoms with van der Waals surface area (Å²) < 4.78 is 0. The smallest absolute Gasteiger partial charge is 0.269 e. The summed E-state index contributed by atoms with van der Waals surface area (Å²) in [6.45, 7) is 0.139. The zero-order chi connectivity index (χ0) is 13.5. The molecule has 1 atom stereocenters. The number of nitrogens with two attached hydrogens (primary N) is 1. The van der Waals surface area contributed by atoms with Crippen molar-refractivity contribution >= 4 is 17.4 Å². The molecule has 0 bridgehead atoms. The number of rotatable bonds is 7. The molecule has 0 spiro atoms. The summed E-state index contributed by atoms with van der Waals surface area (Å²) in [6.07, 6.45) is 0. The van der Waals surface area contributed by atoms with Crippen molar-refractivity contribution in [3.63, 3.8) is 0 Å². The topological polar surface area (TPSA) is 112 Å². The highest BCUT2D eigenvalue weighted by atomic mass is 32.2. The maximum atomic E-state index is 10.7. The lowest BCUT2D eigenvalue weighted by Gasteiger charge is -2.12. The average molecular weight is 271 g/mol. The second-order valence-electron chi connectivity index (χ2n) is 3.52. The van der Waals surface area contributed by atoms with Gasteiger partial charge in [0, 0.05) is 29.4 Å². The van der Waals surface area contributed by atoms with Crippen molar-refractivity contribution in [1.82, 2.24) is 0 Å². The Kier molecular flexibility index (Phi) is 5.53. The van der Waals surface area contributed by atoms with Crippen LogP contribution in [0.5, 0.6) is 0 Å². The molecule has 0 amide bonds. The molecule has 0 saturated carbocycles. The Morgan fingerprint density at radius 1 is 1.33 bits per heavy atom. The van der Waals surface area contributed by atoms with E-state index in [2.05, 4.69) is 0 Å². The van der Waals surface area contributed by atoms with Crippen molar-refractivity contribution in [2.45, 2.75) is 5.25 Å². The first-order valence-corrected chi connectivity index (χ1v) is 6.27. The van der Waals surface area contributed by atoms with E-state index in [1.54, 1.807) is 6.07 Å². The Morgan fingerprint density at radius 2 is 2.06 bits per heavy atom. The first-order valence-electron chi connectivity index (χ1n) is 5.22. The zero-order valence-corrected chi connectivity index (χ0v) is 10.3. The van der Waals surface area contributed by atoms with Crippen LogP contribution in [0.25, 0.3) is 0 Å². The van der Waals surface area contributed by atoms with Gasteiger partial charge in [0.1, 0.15) is 0 Å². The number of nitrogens with zero attached hydrogens (tertiary/aromatic N) is 2. The van der Waals surface area contributed by atoms with E-state index >= 15 is 0 Å². The van der Waals surface area contributed by atoms with Crippen molar-refractivity contribution in [3.8, 4) is 0 Å². The van der Waals surface area contributed by atoms with E-state index in [9.17, 15) is 20.2 Å². The summed E-state index contributed by atoms with van der Waals surface area (Å²) in [5, 5.41) is 20.8. The largest absolute Gasteiger partial charge is 0.330 e. The summed E-state index contributed by atoms with van der Waals surface area (Å²) in [5.74, 6) is 0.571. The molecule has 0 aliphatic rings. The van der Waals surface area contributed by atoms with Crippen LogP contribution in [0.2, 0.25) is 0 Å². The first-order chi connectivity index (χ1) is 8.54. The molecule has 1 aromatic carbocycles. The molecular weight excluding hydrogens is 258 g/mol. The van der Waals surface area contributed by atoms with Gasteiger partial charge in [0.15, 0.2) is 0 Å². The third-order valence-corrected chi connectivity index (χ3v) is 3.50. The molecule has 98 valence electrons. The number of thioether (sulfide) groups is 1. The lowest BCUT2D eigenvalue weighted by molar-refractivity contribution is -0.479. The van der Waals surface area contributed by atoms with E-state index in [0.29, 0.717) is 17.9 Å². The van der Waals surface area contributed by atoms with Crippen LogP contribution in [0.1, 0.15) is 10.8 Å². The first kappa shape index (κ1) is 14.4. The van der Waals surface area contributed by atoms with Gasteiger partial charge in [0.25, 0.3) is 5.69 Å². The quantitative estimate of drug-likeness (QED) is 0.595. The highest BCUT2D eigenvalue weighted by molar-refractivity contribution is 7.99. The molecule has 8 heteroatoms. The van der Waals surface area contributed by atoms with Crippen molar-refractivity contribution in [2.75, 3.05) is 18.8 Å². The summed E-state index contributed by atoms with van der Waals surface area (Å²) in [5.41, 5.74) is 5.89. The van der Waals surface area contributed by atoms with Gasteiger partial charge in [0.05, 0.1) is 10.2 Å². The summed E-state index contributed by atoms with van der Waals surface area (Å²) >= 11 is 1.33. The van der Waals surface area contributed by atoms with Gasteiger partial charge >= 0.3 is 0 Å². The highest BCUT2D eigenvalue weighted by Gasteiger charge is 2.20. The zero-order valence-electron chi connectivity index (χ0n) is 9.52. The molecule has 7 nitrogen and oxygen atoms in total. The predicted octanol–water partition coefficient (Wildman–Crippen LogP) is 1.60. The van der Waals surface area contributed by atoms with Gasteiger partial charge in [-0.05, 0) is 5.56 Å². The van der Waals surface area contributed by atoms with E-state index in [4.69, 9.17) is 5.73 Å². The van der Waals surface area contributed by atoms with E-state index in [0.717, 1.165) is 0 Å². The number of hydrogen-bond acceptors (Lipinski definition) is 6. The lowest BCUT2D eigenvalue weighted by Crippen LogP contribution is -2.12. The van der Waals surface area contributed by atoms with Crippen molar-refractivity contribution in [3.05, 3.63) is 50.1 Å². The Morgan fingerprint density at radius 3 is 2.61 bits per heavy atom. The van der Waals surface area contributed by atoms with E-state index in [-0.39, 0.29) is 12.2 Å². The Bertz CT molecular complexity index is 441. The van der Waals surface area contributed by atoms with Gasteiger partial charge < -0.3 is 5.73 Å². The minimum atomic E-state index is -0.514. The average Bonchev–Trinajstić information content (AvgIpc) is 2.34. The van der Waals surface area contributed by atoms with Gasteiger partial charge in [-0.25, -0.2) is 0 Å². The highest BCUT2D eigenvalue weighted by Crippen LogP contribution is 2.30. The van der Waals surface area contributed by atoms with E-state index in [1.807, 2.05) is 0 Å². The molecule has 1 aromatic rings. The van der Waals surface area contributed by atoms with E-state index < -0.39 is 15.1 Å². The van der Waals surface area contributed by atoms with Gasteiger partial charge in [-0.2, -0.15) is 0 Å². The summed E-state index contributed by atoms with van der Waals surface area (Å²) in [4.78, 5) is 20.3. The maximum Gasteiger partial charge on any atom is 0.269 e. The summed E-state index contributed by atoms with van der Waals surface area (Å²) in [7, 11) is 0. The second-order valence-corrected chi connectivity index (χ2v) is 4.83. The van der Waals surface area contributed by atoms with Crippen molar-refractivity contribution in [2.24, 2.45) is 5.73 Å². The van der Waals surface area contributed by atoms with Crippen LogP contribution < -0.4 is 5.73 Å². The van der Waals surface area contributed by atoms with E-state index in [1.165, 1.54) is 30.0 Å². The number of non-ortho nitro benzene ring substituents is 1. The molecule has 0 heterocycles. The molecule has 0 saturated heterocycles. The number of nitro benzene ring substituents is 1. The molecule has 0 radical (unpaired) electrons. The minimum Gasteiger partial charge on any atom is -0.330 e. The fourth-order valence-electron chi connectivity index (χ4n) is 1.44. The van der Waals surface area contributed by atoms with Crippen LogP contribution in [-0.4, -0.2) is 28.7 Å². The second kappa shape index (κ2) is 6.92. The van der Waals surface area contributed by atoms with Gasteiger partial charge in [-0.15, -0.1) is 11.8 Å². The van der Waals surface area contributed by atoms with Crippen LogP contribution >= 0.6 is 11.8 Å². The molecule has 0 fully saturated rings. The predicted molar refractivity (Wildman–Crippen MR) is 69.2 cm³/mol. The Balaban J connectivity index is 2.92. The lowest BCUT2D eigenvalue weighted by atomic mass is 10.1. The number of nitro groups is 2. The standard InChI is InChI=1S/C10H13N3O4S/c11-4-5-18-10(7-12(14)15)8-2-1-3-9(6-8)13(16)17/h1-3,6,10H,4-5,7,11H2. The van der Waals surface area contributed by atoms with Crippen LogP contribution in [-0.2, 0) is 0 Å². The minimum absolute atomic E-state index is 0.0609. The number of hydrogen-bond donors (Lipinski definition) is 1. The van der Waals surface area contributed by atoms with Crippen LogP contribution in [0.4, 0.5) is 5.69 Å². The SMILES string of the molecule is NCCSC(C[N+](=O)[O-])c1cccc([N+](=O)[O-])c1. The monoisotopic (exact) mass is 271 g/mol. The third kappa shape index (κ3) is 4.30. The van der Waals surface area contributed by atoms with Crippen LogP contribution in [0.15, 0.2) is 24.3 Å². The van der Waals surface area contributed by atoms with Crippen molar-refractivity contribution in [1.29, 1.82) is 0 Å². The fraction of sp³-hybridized carbons (Fsp3) is 0.400. The molecule has 1 unspecified atom stereocenters. The Labute approximate surface area is 108 Å². The fourth-order valence-corrected chi connectivity index (χ4v) is 2.43. The van der Waals surface area contributed by atoms with Crippen LogP contribution in [0, 0.1) is 20.2 Å².